The molecule has 2 rings (SSSR count). The zero-order valence-electron chi connectivity index (χ0n) is 12.6. The Morgan fingerprint density at radius 1 is 1.40 bits per heavy atom. The first-order chi connectivity index (χ1) is 9.58. The van der Waals surface area contributed by atoms with Gasteiger partial charge in [-0.05, 0) is 49.3 Å². The van der Waals surface area contributed by atoms with Crippen LogP contribution in [0.2, 0.25) is 0 Å². The van der Waals surface area contributed by atoms with Crippen LogP contribution in [0.1, 0.15) is 51.5 Å². The van der Waals surface area contributed by atoms with E-state index in [1.807, 2.05) is 0 Å². The van der Waals surface area contributed by atoms with Crippen LogP contribution < -0.4 is 5.73 Å². The monoisotopic (exact) mass is 355 g/mol. The van der Waals surface area contributed by atoms with Crippen molar-refractivity contribution in [2.45, 2.75) is 68.6 Å². The van der Waals surface area contributed by atoms with E-state index >= 15 is 0 Å². The Kier molecular flexibility index (Phi) is 6.44. The Labute approximate surface area is 136 Å². The molecule has 112 valence electrons. The van der Waals surface area contributed by atoms with Gasteiger partial charge in [-0.15, -0.1) is 11.8 Å². The van der Waals surface area contributed by atoms with Gasteiger partial charge in [0.2, 0.25) is 0 Å². The molecular weight excluding hydrogens is 330 g/mol. The highest BCUT2D eigenvalue weighted by Crippen LogP contribution is 2.37. The maximum absolute atomic E-state index is 6.05. The van der Waals surface area contributed by atoms with E-state index in [4.69, 9.17) is 5.73 Å². The summed E-state index contributed by atoms with van der Waals surface area (Å²) < 4.78 is 1.22. The number of rotatable bonds is 5. The lowest BCUT2D eigenvalue weighted by Crippen LogP contribution is -2.21. The van der Waals surface area contributed by atoms with Gasteiger partial charge in [-0.2, -0.15) is 0 Å². The minimum Gasteiger partial charge on any atom is -0.327 e. The van der Waals surface area contributed by atoms with Crippen molar-refractivity contribution in [3.63, 3.8) is 0 Å². The number of thioether (sulfide) groups is 1. The second kappa shape index (κ2) is 7.86. The molecule has 20 heavy (non-hydrogen) atoms. The Morgan fingerprint density at radius 2 is 2.20 bits per heavy atom. The quantitative estimate of drug-likeness (QED) is 0.764. The second-order valence-corrected chi connectivity index (χ2v) is 8.37. The Hall–Kier alpha value is 0.01000. The van der Waals surface area contributed by atoms with Gasteiger partial charge >= 0.3 is 0 Å². The topological polar surface area (TPSA) is 26.0 Å². The lowest BCUT2D eigenvalue weighted by atomic mass is 9.91. The van der Waals surface area contributed by atoms with Crippen LogP contribution >= 0.6 is 27.7 Å². The van der Waals surface area contributed by atoms with Crippen molar-refractivity contribution in [3.8, 4) is 0 Å². The van der Waals surface area contributed by atoms with Gasteiger partial charge in [0.15, 0.2) is 0 Å². The van der Waals surface area contributed by atoms with Crippen LogP contribution in [0.4, 0.5) is 0 Å². The van der Waals surface area contributed by atoms with Crippen LogP contribution in [-0.4, -0.2) is 11.3 Å². The van der Waals surface area contributed by atoms with Gasteiger partial charge in [-0.1, -0.05) is 48.7 Å². The summed E-state index contributed by atoms with van der Waals surface area (Å²) in [5.74, 6) is 0.895. The zero-order valence-corrected chi connectivity index (χ0v) is 15.0. The van der Waals surface area contributed by atoms with E-state index < -0.39 is 0 Å². The normalized spacial score (nSPS) is 24.6. The highest BCUT2D eigenvalue weighted by atomic mass is 79.9. The van der Waals surface area contributed by atoms with Crippen molar-refractivity contribution in [3.05, 3.63) is 28.2 Å². The predicted molar refractivity (Wildman–Crippen MR) is 93.4 cm³/mol. The van der Waals surface area contributed by atoms with E-state index in [-0.39, 0.29) is 6.04 Å². The number of benzene rings is 1. The first-order valence-corrected chi connectivity index (χ1v) is 9.46. The predicted octanol–water partition coefficient (Wildman–Crippen LogP) is 5.40. The molecule has 2 N–H and O–H groups in total. The molecule has 1 aromatic carbocycles. The fourth-order valence-corrected chi connectivity index (χ4v) is 4.99. The highest BCUT2D eigenvalue weighted by molar-refractivity contribution is 9.10. The molecule has 0 heterocycles. The van der Waals surface area contributed by atoms with Crippen molar-refractivity contribution in [2.24, 2.45) is 11.7 Å². The summed E-state index contributed by atoms with van der Waals surface area (Å²) in [6.45, 7) is 4.53. The third kappa shape index (κ3) is 4.78. The van der Waals surface area contributed by atoms with Crippen molar-refractivity contribution in [2.75, 3.05) is 0 Å². The Morgan fingerprint density at radius 3 is 2.85 bits per heavy atom. The number of hydrogen-bond acceptors (Lipinski definition) is 2. The van der Waals surface area contributed by atoms with Gasteiger partial charge in [0.05, 0.1) is 0 Å². The number of hydrogen-bond donors (Lipinski definition) is 1. The standard InChI is InChI=1S/C17H26BrNS/c1-3-14(19)10-13-7-8-16(11-17(13)18)20-15-6-4-5-12(2)9-15/h7-8,11-12,14-15H,3-6,9-10,19H2,1-2H3. The SMILES string of the molecule is CCC(N)Cc1ccc(SC2CCCC(C)C2)cc1Br. The van der Waals surface area contributed by atoms with Gasteiger partial charge in [-0.25, -0.2) is 0 Å². The molecule has 1 aliphatic carbocycles. The summed E-state index contributed by atoms with van der Waals surface area (Å²) in [5.41, 5.74) is 7.38. The van der Waals surface area contributed by atoms with Crippen molar-refractivity contribution >= 4 is 27.7 Å². The van der Waals surface area contributed by atoms with Crippen LogP contribution in [0.3, 0.4) is 0 Å². The van der Waals surface area contributed by atoms with Gasteiger partial charge in [0, 0.05) is 20.7 Å². The first kappa shape index (κ1) is 16.4. The number of halogens is 1. The maximum Gasteiger partial charge on any atom is 0.0219 e. The third-order valence-electron chi connectivity index (χ3n) is 4.22. The van der Waals surface area contributed by atoms with Crippen molar-refractivity contribution < 1.29 is 0 Å². The fourth-order valence-electron chi connectivity index (χ4n) is 2.87. The van der Waals surface area contributed by atoms with Crippen LogP contribution in [0.25, 0.3) is 0 Å². The van der Waals surface area contributed by atoms with Gasteiger partial charge in [-0.3, -0.25) is 0 Å². The first-order valence-electron chi connectivity index (χ1n) is 7.79. The molecule has 1 aliphatic rings. The average Bonchev–Trinajstić information content (AvgIpc) is 2.41. The maximum atomic E-state index is 6.05. The molecule has 0 aliphatic heterocycles. The highest BCUT2D eigenvalue weighted by Gasteiger charge is 2.20. The lowest BCUT2D eigenvalue weighted by Gasteiger charge is -2.26. The molecule has 1 aromatic rings. The van der Waals surface area contributed by atoms with Gasteiger partial charge in [0.1, 0.15) is 0 Å². The smallest absolute Gasteiger partial charge is 0.0219 e. The van der Waals surface area contributed by atoms with E-state index in [0.717, 1.165) is 24.0 Å². The van der Waals surface area contributed by atoms with E-state index in [0.29, 0.717) is 0 Å². The molecule has 3 unspecified atom stereocenters. The minimum absolute atomic E-state index is 0.268. The van der Waals surface area contributed by atoms with Crippen LogP contribution in [0.15, 0.2) is 27.6 Å². The van der Waals surface area contributed by atoms with E-state index in [2.05, 4.69) is 59.7 Å². The largest absolute Gasteiger partial charge is 0.327 e. The molecule has 0 bridgehead atoms. The minimum atomic E-state index is 0.268. The lowest BCUT2D eigenvalue weighted by molar-refractivity contribution is 0.394. The molecule has 1 nitrogen and oxygen atoms in total. The third-order valence-corrected chi connectivity index (χ3v) is 6.25. The summed E-state index contributed by atoms with van der Waals surface area (Å²) in [5, 5.41) is 0.800. The number of nitrogens with two attached hydrogens (primary N) is 1. The van der Waals surface area contributed by atoms with Crippen LogP contribution in [0, 0.1) is 5.92 Å². The Balaban J connectivity index is 1.97. The molecule has 1 saturated carbocycles. The molecule has 3 heteroatoms. The molecule has 0 saturated heterocycles. The summed E-state index contributed by atoms with van der Waals surface area (Å²) in [6.07, 6.45) is 7.53. The molecule has 3 atom stereocenters. The van der Waals surface area contributed by atoms with Gasteiger partial charge in [0.25, 0.3) is 0 Å². The van der Waals surface area contributed by atoms with Crippen molar-refractivity contribution in [1.29, 1.82) is 0 Å². The second-order valence-electron chi connectivity index (χ2n) is 6.14. The van der Waals surface area contributed by atoms with E-state index in [1.165, 1.54) is 40.6 Å². The molecule has 0 aromatic heterocycles. The molecule has 1 fully saturated rings. The van der Waals surface area contributed by atoms with E-state index in [1.54, 1.807) is 0 Å². The molecule has 0 amide bonds. The molecule has 0 spiro atoms. The summed E-state index contributed by atoms with van der Waals surface area (Å²) in [4.78, 5) is 1.39. The van der Waals surface area contributed by atoms with Crippen LogP contribution in [0.5, 0.6) is 0 Å². The average molecular weight is 356 g/mol. The summed E-state index contributed by atoms with van der Waals surface area (Å²) in [6, 6.07) is 7.06. The van der Waals surface area contributed by atoms with E-state index in [9.17, 15) is 0 Å². The van der Waals surface area contributed by atoms with Crippen molar-refractivity contribution in [1.82, 2.24) is 0 Å². The molecular formula is C17H26BrNS. The fraction of sp³-hybridized carbons (Fsp3) is 0.647. The summed E-state index contributed by atoms with van der Waals surface area (Å²) >= 11 is 5.77. The summed E-state index contributed by atoms with van der Waals surface area (Å²) in [7, 11) is 0. The molecule has 0 radical (unpaired) electrons. The van der Waals surface area contributed by atoms with Gasteiger partial charge < -0.3 is 5.73 Å². The Bertz CT molecular complexity index is 435. The zero-order chi connectivity index (χ0) is 14.5. The van der Waals surface area contributed by atoms with Crippen LogP contribution in [-0.2, 0) is 6.42 Å².